The van der Waals surface area contributed by atoms with E-state index in [1.165, 1.54) is 24.3 Å². The number of hydrogen-bond acceptors (Lipinski definition) is 2. The second kappa shape index (κ2) is 7.83. The number of hydrogen-bond donors (Lipinski definition) is 2. The molecular formula is C22H19FN2O2. The summed E-state index contributed by atoms with van der Waals surface area (Å²) >= 11 is 0. The van der Waals surface area contributed by atoms with Crippen molar-refractivity contribution in [1.29, 1.82) is 0 Å². The third kappa shape index (κ3) is 4.39. The number of amides is 2. The van der Waals surface area contributed by atoms with Gasteiger partial charge in [-0.2, -0.15) is 0 Å². The van der Waals surface area contributed by atoms with Crippen LogP contribution in [0.25, 0.3) is 0 Å². The number of para-hydroxylation sites is 1. The van der Waals surface area contributed by atoms with Gasteiger partial charge in [0, 0.05) is 16.8 Å². The molecule has 27 heavy (non-hydrogen) atoms. The van der Waals surface area contributed by atoms with Gasteiger partial charge in [0.2, 0.25) is 0 Å². The van der Waals surface area contributed by atoms with Crippen LogP contribution in [0.5, 0.6) is 0 Å². The normalized spacial score (nSPS) is 10.3. The Morgan fingerprint density at radius 1 is 0.741 bits per heavy atom. The molecule has 3 aromatic carbocycles. The van der Waals surface area contributed by atoms with Gasteiger partial charge >= 0.3 is 0 Å². The number of anilines is 2. The Morgan fingerprint density at radius 3 is 1.93 bits per heavy atom. The molecule has 0 unspecified atom stereocenters. The largest absolute Gasteiger partial charge is 0.322 e. The predicted molar refractivity (Wildman–Crippen MR) is 105 cm³/mol. The molecule has 0 saturated carbocycles. The summed E-state index contributed by atoms with van der Waals surface area (Å²) in [5.41, 5.74) is 3.83. The summed E-state index contributed by atoms with van der Waals surface area (Å²) in [5, 5.41) is 5.35. The Bertz CT molecular complexity index is 997. The van der Waals surface area contributed by atoms with E-state index in [1.54, 1.807) is 24.3 Å². The number of nitrogens with one attached hydrogen (secondary N) is 2. The molecular weight excluding hydrogens is 343 g/mol. The summed E-state index contributed by atoms with van der Waals surface area (Å²) < 4.78 is 13.6. The van der Waals surface area contributed by atoms with Crippen molar-refractivity contribution in [3.8, 4) is 0 Å². The van der Waals surface area contributed by atoms with Crippen LogP contribution >= 0.6 is 0 Å². The third-order valence-corrected chi connectivity index (χ3v) is 4.30. The average Bonchev–Trinajstić information content (AvgIpc) is 2.66. The number of benzene rings is 3. The Balaban J connectivity index is 1.69. The van der Waals surface area contributed by atoms with E-state index in [9.17, 15) is 14.0 Å². The van der Waals surface area contributed by atoms with Crippen LogP contribution < -0.4 is 10.6 Å². The summed E-state index contributed by atoms with van der Waals surface area (Å²) in [6.45, 7) is 3.99. The van der Waals surface area contributed by atoms with E-state index in [0.29, 0.717) is 16.8 Å². The molecule has 0 heterocycles. The summed E-state index contributed by atoms with van der Waals surface area (Å²) in [4.78, 5) is 24.6. The maximum absolute atomic E-state index is 13.6. The van der Waals surface area contributed by atoms with E-state index >= 15 is 0 Å². The summed E-state index contributed by atoms with van der Waals surface area (Å²) in [6, 6.07) is 17.8. The molecule has 3 rings (SSSR count). The molecule has 0 bridgehead atoms. The Hall–Kier alpha value is -3.47. The Labute approximate surface area is 157 Å². The minimum absolute atomic E-state index is 0.110. The lowest BCUT2D eigenvalue weighted by molar-refractivity contribution is 0.101. The topological polar surface area (TPSA) is 58.2 Å². The minimum atomic E-state index is -0.504. The van der Waals surface area contributed by atoms with Crippen LogP contribution in [0.1, 0.15) is 31.8 Å². The zero-order valence-corrected chi connectivity index (χ0v) is 15.0. The standard InChI is InChI=1S/C22H19FN2O2/c1-14-7-12-18(13-15(14)2)24-21(26)16-8-10-17(11-9-16)22(27)25-20-6-4-3-5-19(20)23/h3-13H,1-2H3,(H,24,26)(H,25,27). The van der Waals surface area contributed by atoms with Crippen LogP contribution in [0.15, 0.2) is 66.7 Å². The fraction of sp³-hybridized carbons (Fsp3) is 0.0909. The van der Waals surface area contributed by atoms with Gasteiger partial charge in [0.05, 0.1) is 5.69 Å². The first kappa shape index (κ1) is 18.3. The highest BCUT2D eigenvalue weighted by atomic mass is 19.1. The lowest BCUT2D eigenvalue weighted by atomic mass is 10.1. The summed E-state index contributed by atoms with van der Waals surface area (Å²) in [5.74, 6) is -1.21. The third-order valence-electron chi connectivity index (χ3n) is 4.30. The van der Waals surface area contributed by atoms with Crippen molar-refractivity contribution < 1.29 is 14.0 Å². The van der Waals surface area contributed by atoms with Gasteiger partial charge in [-0.15, -0.1) is 0 Å². The molecule has 136 valence electrons. The second-order valence-electron chi connectivity index (χ2n) is 6.26. The van der Waals surface area contributed by atoms with E-state index in [1.807, 2.05) is 32.0 Å². The second-order valence-corrected chi connectivity index (χ2v) is 6.26. The highest BCUT2D eigenvalue weighted by molar-refractivity contribution is 6.07. The van der Waals surface area contributed by atoms with Gasteiger partial charge < -0.3 is 10.6 Å². The van der Waals surface area contributed by atoms with E-state index in [-0.39, 0.29) is 11.6 Å². The quantitative estimate of drug-likeness (QED) is 0.690. The maximum atomic E-state index is 13.6. The molecule has 3 aromatic rings. The van der Waals surface area contributed by atoms with E-state index in [4.69, 9.17) is 0 Å². The first-order chi connectivity index (χ1) is 12.9. The zero-order valence-electron chi connectivity index (χ0n) is 15.0. The van der Waals surface area contributed by atoms with Crippen LogP contribution in [0.4, 0.5) is 15.8 Å². The van der Waals surface area contributed by atoms with Crippen LogP contribution in [0, 0.1) is 19.7 Å². The molecule has 0 fully saturated rings. The molecule has 0 aromatic heterocycles. The molecule has 0 spiro atoms. The van der Waals surface area contributed by atoms with Crippen molar-refractivity contribution in [2.75, 3.05) is 10.6 Å². The zero-order chi connectivity index (χ0) is 19.4. The molecule has 0 saturated heterocycles. The number of halogens is 1. The van der Waals surface area contributed by atoms with Gasteiger partial charge in [-0.3, -0.25) is 9.59 Å². The smallest absolute Gasteiger partial charge is 0.255 e. The van der Waals surface area contributed by atoms with Crippen LogP contribution in [-0.4, -0.2) is 11.8 Å². The number of rotatable bonds is 4. The molecule has 0 aliphatic rings. The van der Waals surface area contributed by atoms with Gasteiger partial charge in [0.25, 0.3) is 11.8 Å². The molecule has 0 atom stereocenters. The summed E-state index contributed by atoms with van der Waals surface area (Å²) in [7, 11) is 0. The predicted octanol–water partition coefficient (Wildman–Crippen LogP) is 4.95. The van der Waals surface area contributed by atoms with Crippen molar-refractivity contribution in [3.63, 3.8) is 0 Å². The minimum Gasteiger partial charge on any atom is -0.322 e. The molecule has 2 amide bonds. The Morgan fingerprint density at radius 2 is 1.33 bits per heavy atom. The van der Waals surface area contributed by atoms with E-state index < -0.39 is 11.7 Å². The SMILES string of the molecule is Cc1ccc(NC(=O)c2ccc(C(=O)Nc3ccccc3F)cc2)cc1C. The van der Waals surface area contributed by atoms with E-state index in [2.05, 4.69) is 10.6 Å². The lowest BCUT2D eigenvalue weighted by Crippen LogP contribution is -2.15. The first-order valence-corrected chi connectivity index (χ1v) is 8.48. The van der Waals surface area contributed by atoms with Crippen molar-refractivity contribution in [1.82, 2.24) is 0 Å². The highest BCUT2D eigenvalue weighted by Crippen LogP contribution is 2.17. The van der Waals surface area contributed by atoms with Gasteiger partial charge in [0.15, 0.2) is 0 Å². The molecule has 0 aliphatic carbocycles. The fourth-order valence-electron chi connectivity index (χ4n) is 2.55. The van der Waals surface area contributed by atoms with Crippen molar-refractivity contribution in [2.24, 2.45) is 0 Å². The van der Waals surface area contributed by atoms with Gasteiger partial charge in [0.1, 0.15) is 5.82 Å². The highest BCUT2D eigenvalue weighted by Gasteiger charge is 2.11. The molecule has 0 radical (unpaired) electrons. The lowest BCUT2D eigenvalue weighted by Gasteiger charge is -2.09. The molecule has 5 heteroatoms. The van der Waals surface area contributed by atoms with Gasteiger partial charge in [-0.1, -0.05) is 18.2 Å². The fourth-order valence-corrected chi connectivity index (χ4v) is 2.55. The maximum Gasteiger partial charge on any atom is 0.255 e. The van der Waals surface area contributed by atoms with Gasteiger partial charge in [-0.05, 0) is 73.5 Å². The molecule has 2 N–H and O–H groups in total. The molecule has 0 aliphatic heterocycles. The van der Waals surface area contributed by atoms with Crippen molar-refractivity contribution in [2.45, 2.75) is 13.8 Å². The van der Waals surface area contributed by atoms with Gasteiger partial charge in [-0.25, -0.2) is 4.39 Å². The number of carbonyl (C=O) groups excluding carboxylic acids is 2. The van der Waals surface area contributed by atoms with Crippen LogP contribution in [0.2, 0.25) is 0 Å². The van der Waals surface area contributed by atoms with Crippen LogP contribution in [-0.2, 0) is 0 Å². The monoisotopic (exact) mass is 362 g/mol. The number of aryl methyl sites for hydroxylation is 2. The number of carbonyl (C=O) groups is 2. The van der Waals surface area contributed by atoms with E-state index in [0.717, 1.165) is 11.1 Å². The summed E-state index contributed by atoms with van der Waals surface area (Å²) in [6.07, 6.45) is 0. The van der Waals surface area contributed by atoms with Crippen molar-refractivity contribution >= 4 is 23.2 Å². The Kier molecular flexibility index (Phi) is 5.31. The molecule has 4 nitrogen and oxygen atoms in total. The first-order valence-electron chi connectivity index (χ1n) is 8.48. The van der Waals surface area contributed by atoms with Crippen LogP contribution in [0.3, 0.4) is 0 Å². The average molecular weight is 362 g/mol. The van der Waals surface area contributed by atoms with Crippen molar-refractivity contribution in [3.05, 3.63) is 94.8 Å².